The smallest absolute Gasteiger partial charge is 0.231 e. The topological polar surface area (TPSA) is 102 Å². The third-order valence-corrected chi connectivity index (χ3v) is 1.93. The van der Waals surface area contributed by atoms with E-state index >= 15 is 0 Å². The fraction of sp³-hybridized carbons (Fsp3) is 0.778. The van der Waals surface area contributed by atoms with E-state index in [0.717, 1.165) is 25.0 Å². The van der Waals surface area contributed by atoms with Crippen LogP contribution in [0.2, 0.25) is 0 Å². The first kappa shape index (κ1) is 15.2. The summed E-state index contributed by atoms with van der Waals surface area (Å²) in [6.07, 6.45) is 7.26. The van der Waals surface area contributed by atoms with Crippen LogP contribution in [0.3, 0.4) is 0 Å². The zero-order valence-corrected chi connectivity index (χ0v) is 8.30. The summed E-state index contributed by atoms with van der Waals surface area (Å²) in [5, 5.41) is 20.2. The molecule has 0 bridgehead atoms. The molecule has 1 aliphatic carbocycles. The second-order valence-electron chi connectivity index (χ2n) is 3.26. The van der Waals surface area contributed by atoms with Crippen LogP contribution in [-0.2, 0) is 9.59 Å². The van der Waals surface area contributed by atoms with Gasteiger partial charge in [0.15, 0.2) is 0 Å². The quantitative estimate of drug-likeness (QED) is 0.408. The van der Waals surface area contributed by atoms with Gasteiger partial charge in [-0.25, -0.2) is 20.4 Å². The fourth-order valence-corrected chi connectivity index (χ4v) is 1.31. The minimum absolute atomic E-state index is 0.321. The Morgan fingerprint density at radius 1 is 1.07 bits per heavy atom. The van der Waals surface area contributed by atoms with Gasteiger partial charge in [-0.3, -0.25) is 0 Å². The van der Waals surface area contributed by atoms with Crippen molar-refractivity contribution in [2.24, 2.45) is 0 Å². The molecule has 0 atom stereocenters. The Labute approximate surface area is 83.2 Å². The van der Waals surface area contributed by atoms with Crippen LogP contribution < -0.4 is 0 Å². The van der Waals surface area contributed by atoms with Gasteiger partial charge in [-0.05, 0) is 19.8 Å². The standard InChI is InChI=1S/C7H14O.2CHNO/c1-7(8)5-3-2-4-6-7;2*2-1-3/h8H,2-6H2,1H3;2*2H. The molecule has 0 aromatic heterocycles. The first-order valence-corrected chi connectivity index (χ1v) is 4.34. The maximum absolute atomic E-state index is 9.37. The maximum atomic E-state index is 9.37. The van der Waals surface area contributed by atoms with E-state index in [1.165, 1.54) is 19.3 Å². The molecule has 0 aliphatic heterocycles. The highest BCUT2D eigenvalue weighted by Crippen LogP contribution is 2.26. The molecule has 0 aromatic carbocycles. The summed E-state index contributed by atoms with van der Waals surface area (Å²) in [5.74, 6) is 0. The number of rotatable bonds is 0. The van der Waals surface area contributed by atoms with Gasteiger partial charge < -0.3 is 5.11 Å². The lowest BCUT2D eigenvalue weighted by atomic mass is 9.87. The van der Waals surface area contributed by atoms with E-state index in [1.807, 2.05) is 6.92 Å². The van der Waals surface area contributed by atoms with Crippen LogP contribution in [0.25, 0.3) is 0 Å². The molecule has 14 heavy (non-hydrogen) atoms. The molecular formula is C9H16N2O3. The van der Waals surface area contributed by atoms with Crippen molar-refractivity contribution in [3.05, 3.63) is 0 Å². The minimum Gasteiger partial charge on any atom is -0.390 e. The average molecular weight is 200 g/mol. The third kappa shape index (κ3) is 13.3. The fourth-order valence-electron chi connectivity index (χ4n) is 1.31. The van der Waals surface area contributed by atoms with E-state index in [2.05, 4.69) is 0 Å². The zero-order chi connectivity index (χ0) is 11.4. The molecule has 0 saturated heterocycles. The van der Waals surface area contributed by atoms with E-state index in [0.29, 0.717) is 0 Å². The summed E-state index contributed by atoms with van der Waals surface area (Å²) in [6.45, 7) is 1.94. The minimum atomic E-state index is -0.321. The van der Waals surface area contributed by atoms with Crippen molar-refractivity contribution in [3.63, 3.8) is 0 Å². The van der Waals surface area contributed by atoms with Crippen molar-refractivity contribution < 1.29 is 14.7 Å². The molecule has 3 N–H and O–H groups in total. The molecule has 1 saturated carbocycles. The Bertz CT molecular complexity index is 182. The molecule has 1 rings (SSSR count). The Hall–Kier alpha value is -1.28. The van der Waals surface area contributed by atoms with Crippen molar-refractivity contribution in [2.45, 2.75) is 44.6 Å². The van der Waals surface area contributed by atoms with E-state index in [9.17, 15) is 5.11 Å². The number of isocyanates is 2. The molecule has 1 aliphatic rings. The van der Waals surface area contributed by atoms with Crippen LogP contribution in [0.15, 0.2) is 0 Å². The number of aliphatic hydroxyl groups is 1. The molecule has 0 heterocycles. The maximum Gasteiger partial charge on any atom is 0.231 e. The number of hydrogen-bond donors (Lipinski definition) is 3. The van der Waals surface area contributed by atoms with Crippen LogP contribution in [0.5, 0.6) is 0 Å². The lowest BCUT2D eigenvalue weighted by molar-refractivity contribution is 0.0225. The van der Waals surface area contributed by atoms with Gasteiger partial charge in [-0.1, -0.05) is 19.3 Å². The first-order chi connectivity index (χ1) is 6.54. The van der Waals surface area contributed by atoms with E-state index < -0.39 is 0 Å². The first-order valence-electron chi connectivity index (χ1n) is 4.34. The Morgan fingerprint density at radius 3 is 1.50 bits per heavy atom. The van der Waals surface area contributed by atoms with Crippen LogP contribution in [-0.4, -0.2) is 22.9 Å². The second kappa shape index (κ2) is 9.81. The highest BCUT2D eigenvalue weighted by Gasteiger charge is 2.22. The van der Waals surface area contributed by atoms with Gasteiger partial charge in [0.25, 0.3) is 0 Å². The van der Waals surface area contributed by atoms with Gasteiger partial charge in [-0.2, -0.15) is 0 Å². The van der Waals surface area contributed by atoms with E-state index in [1.54, 1.807) is 0 Å². The normalized spacial score (nSPS) is 17.0. The summed E-state index contributed by atoms with van der Waals surface area (Å²) < 4.78 is 0. The highest BCUT2D eigenvalue weighted by molar-refractivity contribution is 5.26. The Kier molecular flexibility index (Phi) is 10.6. The molecule has 5 nitrogen and oxygen atoms in total. The number of nitrogens with one attached hydrogen (secondary N) is 2. The SMILES string of the molecule is CC1(O)CCCCC1.N=C=O.N=C=O. The predicted octanol–water partition coefficient (Wildman–Crippen LogP) is 1.50. The summed E-state index contributed by atoms with van der Waals surface area (Å²) >= 11 is 0. The van der Waals surface area contributed by atoms with Crippen molar-refractivity contribution >= 4 is 12.2 Å². The summed E-state index contributed by atoms with van der Waals surface area (Å²) in [7, 11) is 0. The molecule has 0 aromatic rings. The van der Waals surface area contributed by atoms with Gasteiger partial charge in [0, 0.05) is 0 Å². The van der Waals surface area contributed by atoms with E-state index in [4.69, 9.17) is 20.4 Å². The molecule has 0 spiro atoms. The molecule has 5 heteroatoms. The average Bonchev–Trinajstić information content (AvgIpc) is 2.06. The van der Waals surface area contributed by atoms with Gasteiger partial charge in [0.05, 0.1) is 5.60 Å². The van der Waals surface area contributed by atoms with Crippen molar-refractivity contribution in [3.8, 4) is 0 Å². The van der Waals surface area contributed by atoms with Gasteiger partial charge >= 0.3 is 0 Å². The Morgan fingerprint density at radius 2 is 1.36 bits per heavy atom. The van der Waals surface area contributed by atoms with Gasteiger partial charge in [0.1, 0.15) is 0 Å². The third-order valence-electron chi connectivity index (χ3n) is 1.93. The van der Waals surface area contributed by atoms with Crippen LogP contribution in [0.4, 0.5) is 0 Å². The van der Waals surface area contributed by atoms with Crippen LogP contribution in [0.1, 0.15) is 39.0 Å². The molecule has 1 fully saturated rings. The van der Waals surface area contributed by atoms with Crippen LogP contribution in [0, 0.1) is 10.8 Å². The van der Waals surface area contributed by atoms with E-state index in [-0.39, 0.29) is 5.60 Å². The lowest BCUT2D eigenvalue weighted by Gasteiger charge is -2.27. The van der Waals surface area contributed by atoms with Crippen LogP contribution >= 0.6 is 0 Å². The van der Waals surface area contributed by atoms with Gasteiger partial charge in [0.2, 0.25) is 12.2 Å². The van der Waals surface area contributed by atoms with Crippen molar-refractivity contribution in [1.82, 2.24) is 0 Å². The molecule has 0 unspecified atom stereocenters. The lowest BCUT2D eigenvalue weighted by Crippen LogP contribution is -2.26. The predicted molar refractivity (Wildman–Crippen MR) is 50.5 cm³/mol. The molecule has 80 valence electrons. The largest absolute Gasteiger partial charge is 0.390 e. The van der Waals surface area contributed by atoms with Gasteiger partial charge in [-0.15, -0.1) is 0 Å². The second-order valence-corrected chi connectivity index (χ2v) is 3.26. The summed E-state index contributed by atoms with van der Waals surface area (Å²) in [4.78, 5) is 16.7. The zero-order valence-electron chi connectivity index (χ0n) is 8.30. The molecular weight excluding hydrogens is 184 g/mol. The number of hydrogen-bond acceptors (Lipinski definition) is 5. The van der Waals surface area contributed by atoms with Crippen molar-refractivity contribution in [1.29, 1.82) is 10.8 Å². The van der Waals surface area contributed by atoms with Crippen molar-refractivity contribution in [2.75, 3.05) is 0 Å². The summed E-state index contributed by atoms with van der Waals surface area (Å²) in [5.41, 5.74) is -0.321. The summed E-state index contributed by atoms with van der Waals surface area (Å²) in [6, 6.07) is 0. The molecule has 0 radical (unpaired) electrons. The number of carbonyl (C=O) groups excluding carboxylic acids is 2. The highest BCUT2D eigenvalue weighted by atomic mass is 16.3. The monoisotopic (exact) mass is 200 g/mol. The Balaban J connectivity index is 0. The molecule has 0 amide bonds.